The molecule has 0 aromatic heterocycles. The molecule has 3 aliphatic carbocycles. The normalized spacial score (nSPS) is 26.3. The van der Waals surface area contributed by atoms with Gasteiger partial charge in [0, 0.05) is 55.0 Å². The molecule has 1 saturated heterocycles. The van der Waals surface area contributed by atoms with E-state index in [-0.39, 0.29) is 54.9 Å². The highest BCUT2D eigenvalue weighted by Crippen LogP contribution is 2.66. The maximum absolute atomic E-state index is 15.8. The lowest BCUT2D eigenvalue weighted by Crippen LogP contribution is -2.80. The van der Waals surface area contributed by atoms with Gasteiger partial charge < -0.3 is 69.7 Å². The lowest BCUT2D eigenvalue weighted by atomic mass is 9.42. The van der Waals surface area contributed by atoms with Crippen LogP contribution in [0.25, 0.3) is 0 Å². The first-order valence-corrected chi connectivity index (χ1v) is 29.2. The largest absolute Gasteiger partial charge is 0.481 e. The van der Waals surface area contributed by atoms with Crippen molar-refractivity contribution in [2.24, 2.45) is 28.6 Å². The van der Waals surface area contributed by atoms with Crippen LogP contribution in [0.4, 0.5) is 15.3 Å². The van der Waals surface area contributed by atoms with Crippen LogP contribution in [-0.2, 0) is 77.9 Å². The number of amides is 4. The third kappa shape index (κ3) is 14.9. The molecule has 3 aromatic carbocycles. The van der Waals surface area contributed by atoms with E-state index in [0.29, 0.717) is 16.7 Å². The average Bonchev–Trinajstić information content (AvgIpc) is 0.673. The number of carbonyl (C=O) groups is 11. The first kappa shape index (κ1) is 67.8. The summed E-state index contributed by atoms with van der Waals surface area (Å²) in [6.45, 7) is 16.2. The van der Waals surface area contributed by atoms with Gasteiger partial charge in [0.05, 0.1) is 30.9 Å². The number of aliphatic hydroxyl groups is 1. The van der Waals surface area contributed by atoms with Crippen molar-refractivity contribution >= 4 is 71.8 Å². The molecule has 25 heteroatoms. The highest BCUT2D eigenvalue weighted by molar-refractivity contribution is 5.94. The number of carbonyl (C=O) groups excluding carboxylic acids is 9. The van der Waals surface area contributed by atoms with E-state index in [0.717, 1.165) is 0 Å². The standard InChI is InChI=1S/C64H78N4O21/c1-34-29-44-63(32-83-44,88-37(4)70)52-54(87-56(78)40-19-15-12-16-20-40)64(82)31-43(35(2)49(61(64,8)9)36(3)53(75)62(34,52)10)85-57(79)51(50(39-17-13-11-14-18-39)68-59(81)89-60(5,6)7)86-48(74)28-25-45(71)65-41-23-21-38(22-24-41)30-42(55(76)77)66-58(80)67-46(84-33-69)26-27-47(72)73/h11-24,33-34,36,42-44,46,50-52,54,82H,25-32H2,1-10H3,(H,65,71)(H,68,81)(H,72,73)(H,76,77)(H2,66,67,80)/t34-,36+,42-,43-,44+,46+,50-,51+,52-,54-,62+,63-,64+/m0/s1. The fourth-order valence-corrected chi connectivity index (χ4v) is 13.1. The van der Waals surface area contributed by atoms with Crippen molar-refractivity contribution in [1.29, 1.82) is 0 Å². The Kier molecular flexibility index (Phi) is 20.8. The van der Waals surface area contributed by atoms with Gasteiger partial charge in [-0.05, 0) is 86.6 Å². The number of anilines is 1. The third-order valence-electron chi connectivity index (χ3n) is 17.5. The first-order valence-electron chi connectivity index (χ1n) is 29.2. The van der Waals surface area contributed by atoms with Crippen molar-refractivity contribution in [2.75, 3.05) is 11.9 Å². The summed E-state index contributed by atoms with van der Waals surface area (Å²) in [6.07, 6.45) is -10.7. The lowest BCUT2D eigenvalue weighted by molar-refractivity contribution is -0.339. The Hall–Kier alpha value is -8.71. The van der Waals surface area contributed by atoms with Crippen molar-refractivity contribution in [1.82, 2.24) is 16.0 Å². The molecule has 4 aliphatic rings. The van der Waals surface area contributed by atoms with Crippen LogP contribution in [0, 0.1) is 28.6 Å². The van der Waals surface area contributed by atoms with Crippen molar-refractivity contribution in [2.45, 2.75) is 174 Å². The Morgan fingerprint density at radius 3 is 2.04 bits per heavy atom. The number of Topliss-reactive ketones (excluding diaryl/α,β-unsaturated/α-hetero) is 1. The van der Waals surface area contributed by atoms with Gasteiger partial charge in [0.25, 0.3) is 6.47 Å². The van der Waals surface area contributed by atoms with Crippen LogP contribution < -0.4 is 21.3 Å². The average molecular weight is 1240 g/mol. The SMILES string of the molecule is CC(=O)O[C@@]12CO[C@@H]1C[C@H](C)[C@@]1(C)C(=O)[C@H](C)C3=C(C)[C@@H](OC(=O)[C@H](OC(=O)CCC(=O)Nc4ccc(C[C@H](NC(=O)N[C@@H](CCC(=O)O)OC=O)C(=O)O)cc4)[C@@H](NC(=O)OC(C)(C)C)c4ccccc4)C[C@@](O)([C@@H](OC(=O)c4ccccc4)[C@H]21)C3(C)C. The van der Waals surface area contributed by atoms with E-state index in [9.17, 15) is 53.4 Å². The number of hydrogen-bond acceptors (Lipinski definition) is 19. The molecule has 13 atom stereocenters. The molecule has 480 valence electrons. The number of hydrogen-bond donors (Lipinski definition) is 7. The summed E-state index contributed by atoms with van der Waals surface area (Å²) in [5.41, 5.74) is -6.17. The second-order valence-corrected chi connectivity index (χ2v) is 24.9. The molecular formula is C64H78N4O21. The highest BCUT2D eigenvalue weighted by Gasteiger charge is 2.77. The molecule has 3 aromatic rings. The smallest absolute Gasteiger partial charge is 0.408 e. The zero-order valence-electron chi connectivity index (χ0n) is 51.3. The summed E-state index contributed by atoms with van der Waals surface area (Å²) in [6, 6.07) is 17.6. The van der Waals surface area contributed by atoms with E-state index in [2.05, 4.69) is 26.0 Å². The summed E-state index contributed by atoms with van der Waals surface area (Å²) in [5, 5.41) is 42.6. The predicted molar refractivity (Wildman–Crippen MR) is 313 cm³/mol. The number of ketones is 1. The van der Waals surface area contributed by atoms with Crippen molar-refractivity contribution in [3.63, 3.8) is 0 Å². The minimum absolute atomic E-state index is 0.00269. The molecule has 89 heavy (non-hydrogen) atoms. The first-order chi connectivity index (χ1) is 41.8. The Morgan fingerprint density at radius 1 is 0.831 bits per heavy atom. The van der Waals surface area contributed by atoms with Crippen molar-refractivity contribution in [3.8, 4) is 0 Å². The van der Waals surface area contributed by atoms with Gasteiger partial charge in [0.2, 0.25) is 12.0 Å². The third-order valence-corrected chi connectivity index (χ3v) is 17.5. The monoisotopic (exact) mass is 1240 g/mol. The zero-order valence-corrected chi connectivity index (χ0v) is 51.3. The van der Waals surface area contributed by atoms with E-state index in [1.165, 1.54) is 43.3 Å². The molecule has 2 saturated carbocycles. The second-order valence-electron chi connectivity index (χ2n) is 24.9. The van der Waals surface area contributed by atoms with Gasteiger partial charge in [-0.3, -0.25) is 28.8 Å². The Balaban J connectivity index is 1.18. The van der Waals surface area contributed by atoms with Gasteiger partial charge in [0.15, 0.2) is 11.8 Å². The number of benzene rings is 3. The molecule has 1 aliphatic heterocycles. The minimum atomic E-state index is -2.27. The van der Waals surface area contributed by atoms with Crippen LogP contribution in [0.5, 0.6) is 0 Å². The maximum Gasteiger partial charge on any atom is 0.408 e. The second kappa shape index (κ2) is 27.4. The Labute approximate surface area is 514 Å². The van der Waals surface area contributed by atoms with Crippen LogP contribution in [0.3, 0.4) is 0 Å². The Morgan fingerprint density at radius 2 is 1.47 bits per heavy atom. The van der Waals surface area contributed by atoms with E-state index < -0.39 is 168 Å². The van der Waals surface area contributed by atoms with Crippen LogP contribution in [0.15, 0.2) is 96.1 Å². The minimum Gasteiger partial charge on any atom is -0.481 e. The van der Waals surface area contributed by atoms with Gasteiger partial charge in [-0.25, -0.2) is 24.0 Å². The molecule has 7 N–H and O–H groups in total. The molecule has 0 unspecified atom stereocenters. The zero-order chi connectivity index (χ0) is 65.6. The van der Waals surface area contributed by atoms with Gasteiger partial charge in [-0.2, -0.15) is 0 Å². The number of urea groups is 1. The van der Waals surface area contributed by atoms with Gasteiger partial charge in [-0.15, -0.1) is 0 Å². The molecule has 3 fully saturated rings. The summed E-state index contributed by atoms with van der Waals surface area (Å²) >= 11 is 0. The van der Waals surface area contributed by atoms with Gasteiger partial charge >= 0.3 is 47.9 Å². The van der Waals surface area contributed by atoms with Crippen LogP contribution in [0.1, 0.15) is 135 Å². The quantitative estimate of drug-likeness (QED) is 0.0176. The highest BCUT2D eigenvalue weighted by atomic mass is 16.6. The molecule has 4 amide bonds. The van der Waals surface area contributed by atoms with Crippen LogP contribution >= 0.6 is 0 Å². The summed E-state index contributed by atoms with van der Waals surface area (Å²) in [7, 11) is 0. The summed E-state index contributed by atoms with van der Waals surface area (Å²) < 4.78 is 41.7. The number of alkyl carbamates (subject to hydrolysis) is 1. The van der Waals surface area contributed by atoms with E-state index in [1.54, 1.807) is 104 Å². The number of nitrogens with one attached hydrogen (secondary N) is 4. The van der Waals surface area contributed by atoms with E-state index in [4.69, 9.17) is 33.5 Å². The van der Waals surface area contributed by atoms with Crippen LogP contribution in [-0.4, -0.2) is 142 Å². The number of aliphatic carboxylic acids is 2. The van der Waals surface area contributed by atoms with E-state index >= 15 is 9.59 Å². The molecular weight excluding hydrogens is 1160 g/mol. The fraction of sp³-hybridized carbons (Fsp3) is 0.516. The summed E-state index contributed by atoms with van der Waals surface area (Å²) in [4.78, 5) is 147. The van der Waals surface area contributed by atoms with E-state index in [1.807, 2.05) is 6.92 Å². The molecule has 0 radical (unpaired) electrons. The number of carboxylic acid groups (broad SMARTS) is 2. The van der Waals surface area contributed by atoms with Crippen LogP contribution in [0.2, 0.25) is 0 Å². The number of rotatable bonds is 23. The lowest BCUT2D eigenvalue weighted by Gasteiger charge is -2.68. The Bertz CT molecular complexity index is 3220. The van der Waals surface area contributed by atoms with Crippen molar-refractivity contribution in [3.05, 3.63) is 113 Å². The number of ether oxygens (including phenoxy) is 7. The molecule has 25 nitrogen and oxygen atoms in total. The number of esters is 4. The predicted octanol–water partition coefficient (Wildman–Crippen LogP) is 6.44. The molecule has 2 bridgehead atoms. The number of carboxylic acids is 2. The summed E-state index contributed by atoms with van der Waals surface area (Å²) in [5.74, 6) is -10.4. The molecule has 1 heterocycles. The molecule has 7 rings (SSSR count). The molecule has 0 spiro atoms. The topological polar surface area (TPSA) is 361 Å². The van der Waals surface area contributed by atoms with Gasteiger partial charge in [-0.1, -0.05) is 95.3 Å². The van der Waals surface area contributed by atoms with Crippen molar-refractivity contribution < 1.29 is 101 Å². The fourth-order valence-electron chi connectivity index (χ4n) is 13.1. The maximum atomic E-state index is 15.8. The number of fused-ring (bicyclic) bond motifs is 5. The van der Waals surface area contributed by atoms with Gasteiger partial charge in [0.1, 0.15) is 47.4 Å².